The highest BCUT2D eigenvalue weighted by Crippen LogP contribution is 2.30. The molecule has 1 N–H and O–H groups in total. The molecule has 112 valence electrons. The number of carboxylic acids is 1. The van der Waals surface area contributed by atoms with E-state index in [9.17, 15) is 14.7 Å². The van der Waals surface area contributed by atoms with Crippen molar-refractivity contribution < 1.29 is 24.2 Å². The van der Waals surface area contributed by atoms with Crippen molar-refractivity contribution in [1.29, 1.82) is 0 Å². The van der Waals surface area contributed by atoms with Crippen molar-refractivity contribution in [3.63, 3.8) is 0 Å². The van der Waals surface area contributed by atoms with Gasteiger partial charge in [0, 0.05) is 6.54 Å². The average molecular weight is 291 g/mol. The molecular formula is C15H17NO5. The number of hydrogen-bond acceptors (Lipinski definition) is 4. The van der Waals surface area contributed by atoms with Crippen LogP contribution >= 0.6 is 0 Å². The second kappa shape index (κ2) is 5.83. The van der Waals surface area contributed by atoms with Crippen molar-refractivity contribution in [2.45, 2.75) is 18.6 Å². The molecule has 6 nitrogen and oxygen atoms in total. The monoisotopic (exact) mass is 291 g/mol. The lowest BCUT2D eigenvalue weighted by Gasteiger charge is -2.37. The molecule has 3 rings (SSSR count). The maximum atomic E-state index is 12.5. The Morgan fingerprint density at radius 2 is 2.05 bits per heavy atom. The lowest BCUT2D eigenvalue weighted by Crippen LogP contribution is -2.50. The zero-order valence-electron chi connectivity index (χ0n) is 11.5. The zero-order valence-corrected chi connectivity index (χ0v) is 11.5. The molecule has 1 amide bonds. The molecule has 21 heavy (non-hydrogen) atoms. The van der Waals surface area contributed by atoms with Gasteiger partial charge in [-0.25, -0.2) is 4.79 Å². The van der Waals surface area contributed by atoms with Crippen LogP contribution in [-0.2, 0) is 25.5 Å². The summed E-state index contributed by atoms with van der Waals surface area (Å²) in [7, 11) is 0. The van der Waals surface area contributed by atoms with Crippen molar-refractivity contribution >= 4 is 11.9 Å². The van der Waals surface area contributed by atoms with E-state index in [1.807, 2.05) is 12.1 Å². The van der Waals surface area contributed by atoms with Crippen LogP contribution in [0.15, 0.2) is 24.3 Å². The molecule has 0 aliphatic carbocycles. The summed E-state index contributed by atoms with van der Waals surface area (Å²) in [6.07, 6.45) is -0.0509. The van der Waals surface area contributed by atoms with Crippen molar-refractivity contribution in [2.75, 3.05) is 26.4 Å². The van der Waals surface area contributed by atoms with E-state index in [0.29, 0.717) is 31.7 Å². The van der Waals surface area contributed by atoms with E-state index in [1.165, 1.54) is 4.90 Å². The van der Waals surface area contributed by atoms with Crippen LogP contribution in [-0.4, -0.2) is 54.4 Å². The fourth-order valence-electron chi connectivity index (χ4n) is 2.89. The Morgan fingerprint density at radius 3 is 2.76 bits per heavy atom. The lowest BCUT2D eigenvalue weighted by atomic mass is 9.92. The van der Waals surface area contributed by atoms with Gasteiger partial charge in [-0.2, -0.15) is 0 Å². The maximum Gasteiger partial charge on any atom is 0.331 e. The smallest absolute Gasteiger partial charge is 0.331 e. The lowest BCUT2D eigenvalue weighted by molar-refractivity contribution is -0.166. The summed E-state index contributed by atoms with van der Waals surface area (Å²) in [5.74, 6) is -1.33. The van der Waals surface area contributed by atoms with Gasteiger partial charge in [-0.05, 0) is 17.5 Å². The number of amides is 1. The number of rotatable bonds is 2. The van der Waals surface area contributed by atoms with E-state index < -0.39 is 18.1 Å². The summed E-state index contributed by atoms with van der Waals surface area (Å²) in [6, 6.07) is 6.41. The summed E-state index contributed by atoms with van der Waals surface area (Å²) in [4.78, 5) is 25.6. The first kappa shape index (κ1) is 14.0. The maximum absolute atomic E-state index is 12.5. The highest BCUT2D eigenvalue weighted by molar-refractivity contribution is 5.88. The number of nitrogens with zero attached hydrogens (tertiary/aromatic N) is 1. The van der Waals surface area contributed by atoms with E-state index in [4.69, 9.17) is 9.47 Å². The number of carbonyl (C=O) groups is 2. The minimum Gasteiger partial charge on any atom is -0.479 e. The minimum absolute atomic E-state index is 0.184. The predicted octanol–water partition coefficient (Wildman–Crippen LogP) is 0.612. The molecule has 0 saturated carbocycles. The number of fused-ring (bicyclic) bond motifs is 1. The van der Waals surface area contributed by atoms with Crippen LogP contribution < -0.4 is 0 Å². The van der Waals surface area contributed by atoms with Gasteiger partial charge in [0.05, 0.1) is 19.8 Å². The van der Waals surface area contributed by atoms with E-state index in [0.717, 1.165) is 5.56 Å². The number of carbonyl (C=O) groups excluding carboxylic acids is 1. The van der Waals surface area contributed by atoms with Crippen molar-refractivity contribution in [3.8, 4) is 0 Å². The Morgan fingerprint density at radius 1 is 1.24 bits per heavy atom. The quantitative estimate of drug-likeness (QED) is 0.864. The van der Waals surface area contributed by atoms with Crippen LogP contribution in [0.5, 0.6) is 0 Å². The number of aliphatic carboxylic acids is 1. The Kier molecular flexibility index (Phi) is 3.90. The highest BCUT2D eigenvalue weighted by atomic mass is 16.6. The van der Waals surface area contributed by atoms with Crippen LogP contribution in [0, 0.1) is 0 Å². The van der Waals surface area contributed by atoms with Gasteiger partial charge >= 0.3 is 5.97 Å². The molecule has 1 aromatic carbocycles. The van der Waals surface area contributed by atoms with E-state index >= 15 is 0 Å². The van der Waals surface area contributed by atoms with Crippen molar-refractivity contribution in [3.05, 3.63) is 35.4 Å². The first-order chi connectivity index (χ1) is 10.2. The largest absolute Gasteiger partial charge is 0.479 e. The first-order valence-corrected chi connectivity index (χ1v) is 6.99. The molecule has 1 fully saturated rings. The first-order valence-electron chi connectivity index (χ1n) is 6.99. The van der Waals surface area contributed by atoms with Crippen molar-refractivity contribution in [1.82, 2.24) is 4.90 Å². The Balaban J connectivity index is 1.88. The topological polar surface area (TPSA) is 76.1 Å². The fraction of sp³-hybridized carbons (Fsp3) is 0.467. The van der Waals surface area contributed by atoms with Gasteiger partial charge in [-0.3, -0.25) is 4.79 Å². The minimum atomic E-state index is -1.02. The Bertz CT molecular complexity index is 553. The predicted molar refractivity (Wildman–Crippen MR) is 72.8 cm³/mol. The molecule has 0 bridgehead atoms. The molecule has 0 aromatic heterocycles. The molecule has 2 aliphatic heterocycles. The van der Waals surface area contributed by atoms with Gasteiger partial charge in [-0.1, -0.05) is 24.3 Å². The molecular weight excluding hydrogens is 274 g/mol. The van der Waals surface area contributed by atoms with Gasteiger partial charge in [0.25, 0.3) is 5.91 Å². The van der Waals surface area contributed by atoms with Gasteiger partial charge < -0.3 is 19.5 Å². The van der Waals surface area contributed by atoms with E-state index in [2.05, 4.69) is 0 Å². The summed E-state index contributed by atoms with van der Waals surface area (Å²) < 4.78 is 10.6. The third-order valence-corrected chi connectivity index (χ3v) is 3.89. The third kappa shape index (κ3) is 2.64. The molecule has 2 atom stereocenters. The Labute approximate surface area is 122 Å². The van der Waals surface area contributed by atoms with E-state index in [1.54, 1.807) is 12.1 Å². The third-order valence-electron chi connectivity index (χ3n) is 3.89. The summed E-state index contributed by atoms with van der Waals surface area (Å²) in [5, 5.41) is 9.54. The second-order valence-electron chi connectivity index (χ2n) is 5.16. The normalized spacial score (nSPS) is 25.2. The van der Waals surface area contributed by atoms with Crippen LogP contribution in [0.4, 0.5) is 0 Å². The average Bonchev–Trinajstić information content (AvgIpc) is 2.53. The second-order valence-corrected chi connectivity index (χ2v) is 5.16. The molecule has 6 heteroatoms. The van der Waals surface area contributed by atoms with Gasteiger partial charge in [0.15, 0.2) is 12.1 Å². The number of carboxylic acid groups (broad SMARTS) is 1. The summed E-state index contributed by atoms with van der Waals surface area (Å²) >= 11 is 0. The number of benzene rings is 1. The molecule has 2 heterocycles. The zero-order chi connectivity index (χ0) is 14.8. The van der Waals surface area contributed by atoms with Crippen LogP contribution in [0.1, 0.15) is 17.2 Å². The number of hydrogen-bond donors (Lipinski definition) is 1. The molecule has 0 spiro atoms. The number of ether oxygens (including phenoxy) is 2. The molecule has 1 aromatic rings. The molecule has 0 radical (unpaired) electrons. The summed E-state index contributed by atoms with van der Waals surface area (Å²) in [5.41, 5.74) is 1.66. The van der Waals surface area contributed by atoms with Crippen LogP contribution in [0.3, 0.4) is 0 Å². The van der Waals surface area contributed by atoms with E-state index in [-0.39, 0.29) is 12.5 Å². The molecule has 2 aliphatic rings. The standard InChI is InChI=1S/C15H17NO5/c17-14(12-9-20-7-8-21-12)16-6-5-10-3-1-2-4-11(10)13(16)15(18)19/h1-4,12-13H,5-9H2,(H,18,19). The van der Waals surface area contributed by atoms with Crippen LogP contribution in [0.2, 0.25) is 0 Å². The SMILES string of the molecule is O=C(O)C1c2ccccc2CCN1C(=O)C1COCCO1. The van der Waals surface area contributed by atoms with Gasteiger partial charge in [0.1, 0.15) is 0 Å². The van der Waals surface area contributed by atoms with Gasteiger partial charge in [-0.15, -0.1) is 0 Å². The van der Waals surface area contributed by atoms with Gasteiger partial charge in [0.2, 0.25) is 0 Å². The summed E-state index contributed by atoms with van der Waals surface area (Å²) in [6.45, 7) is 1.39. The van der Waals surface area contributed by atoms with Crippen LogP contribution in [0.25, 0.3) is 0 Å². The van der Waals surface area contributed by atoms with Crippen molar-refractivity contribution in [2.24, 2.45) is 0 Å². The Hall–Kier alpha value is -1.92. The highest BCUT2D eigenvalue weighted by Gasteiger charge is 2.39. The molecule has 2 unspecified atom stereocenters. The molecule has 1 saturated heterocycles. The fourth-order valence-corrected chi connectivity index (χ4v) is 2.89.